The standard InChI is InChI=1S/C19H24O6/c1-10(2)18(22)24-16-8-13(9-20)7-14(21)5-11(3)6-15-17(16)12(4)19(23)25-15/h6-7,14-17,20-21H,1,4-5,8-9H2,2-3H3/b11-6?,13-7+. The van der Waals surface area contributed by atoms with Crippen molar-refractivity contribution in [3.8, 4) is 0 Å². The van der Waals surface area contributed by atoms with Gasteiger partial charge >= 0.3 is 11.9 Å². The topological polar surface area (TPSA) is 93.1 Å². The van der Waals surface area contributed by atoms with Gasteiger partial charge in [-0.2, -0.15) is 0 Å². The lowest BCUT2D eigenvalue weighted by Gasteiger charge is -2.28. The fourth-order valence-corrected chi connectivity index (χ4v) is 3.11. The predicted octanol–water partition coefficient (Wildman–Crippen LogP) is 1.59. The van der Waals surface area contributed by atoms with Gasteiger partial charge in [0.15, 0.2) is 0 Å². The van der Waals surface area contributed by atoms with E-state index in [1.807, 2.05) is 6.92 Å². The molecule has 1 fully saturated rings. The van der Waals surface area contributed by atoms with E-state index >= 15 is 0 Å². The zero-order valence-electron chi connectivity index (χ0n) is 14.5. The summed E-state index contributed by atoms with van der Waals surface area (Å²) in [4.78, 5) is 24.0. The van der Waals surface area contributed by atoms with E-state index < -0.39 is 36.2 Å². The van der Waals surface area contributed by atoms with Gasteiger partial charge in [-0.1, -0.05) is 24.8 Å². The molecule has 1 heterocycles. The highest BCUT2D eigenvalue weighted by molar-refractivity contribution is 5.91. The Kier molecular flexibility index (Phi) is 5.98. The molecule has 0 spiro atoms. The first-order valence-corrected chi connectivity index (χ1v) is 8.15. The lowest BCUT2D eigenvalue weighted by Crippen LogP contribution is -2.34. The van der Waals surface area contributed by atoms with Crippen LogP contribution in [0.15, 0.2) is 47.6 Å². The van der Waals surface area contributed by atoms with E-state index in [1.165, 1.54) is 6.92 Å². The van der Waals surface area contributed by atoms with Gasteiger partial charge in [0, 0.05) is 17.6 Å². The summed E-state index contributed by atoms with van der Waals surface area (Å²) >= 11 is 0. The molecule has 0 bridgehead atoms. The molecule has 1 aliphatic heterocycles. The number of rotatable bonds is 3. The van der Waals surface area contributed by atoms with E-state index in [9.17, 15) is 19.8 Å². The van der Waals surface area contributed by atoms with Gasteiger partial charge in [0.05, 0.1) is 18.6 Å². The Bertz CT molecular complexity index is 657. The molecule has 0 aromatic heterocycles. The number of carbonyl (C=O) groups excluding carboxylic acids is 2. The van der Waals surface area contributed by atoms with Crippen LogP contribution in [0.4, 0.5) is 0 Å². The van der Waals surface area contributed by atoms with Crippen molar-refractivity contribution in [1.82, 2.24) is 0 Å². The summed E-state index contributed by atoms with van der Waals surface area (Å²) < 4.78 is 10.9. The Labute approximate surface area is 147 Å². The molecule has 4 unspecified atom stereocenters. The molecule has 6 heteroatoms. The van der Waals surface area contributed by atoms with Gasteiger partial charge in [0.25, 0.3) is 0 Å². The van der Waals surface area contributed by atoms with Crippen LogP contribution >= 0.6 is 0 Å². The van der Waals surface area contributed by atoms with E-state index in [0.717, 1.165) is 5.57 Å². The number of esters is 2. The summed E-state index contributed by atoms with van der Waals surface area (Å²) in [5, 5.41) is 19.7. The first-order valence-electron chi connectivity index (χ1n) is 8.15. The van der Waals surface area contributed by atoms with Gasteiger partial charge in [-0.15, -0.1) is 0 Å². The molecular weight excluding hydrogens is 324 g/mol. The van der Waals surface area contributed by atoms with Crippen molar-refractivity contribution < 1.29 is 29.3 Å². The maximum absolute atomic E-state index is 12.0. The molecule has 1 saturated heterocycles. The minimum absolute atomic E-state index is 0.163. The third-order valence-electron chi connectivity index (χ3n) is 4.34. The number of ether oxygens (including phenoxy) is 2. The Morgan fingerprint density at radius 2 is 2.08 bits per heavy atom. The van der Waals surface area contributed by atoms with Crippen LogP contribution in [0, 0.1) is 5.92 Å². The van der Waals surface area contributed by atoms with Gasteiger partial charge in [-0.3, -0.25) is 0 Å². The summed E-state index contributed by atoms with van der Waals surface area (Å²) in [5.74, 6) is -1.69. The highest BCUT2D eigenvalue weighted by Gasteiger charge is 2.44. The van der Waals surface area contributed by atoms with Crippen LogP contribution in [-0.4, -0.2) is 47.1 Å². The summed E-state index contributed by atoms with van der Waals surface area (Å²) in [6.07, 6.45) is 1.65. The van der Waals surface area contributed by atoms with Gasteiger partial charge in [0.1, 0.15) is 12.2 Å². The van der Waals surface area contributed by atoms with Crippen molar-refractivity contribution in [1.29, 1.82) is 0 Å². The first-order chi connectivity index (χ1) is 11.7. The van der Waals surface area contributed by atoms with Crippen molar-refractivity contribution in [3.63, 3.8) is 0 Å². The van der Waals surface area contributed by atoms with E-state index in [-0.39, 0.29) is 24.2 Å². The molecule has 0 saturated carbocycles. The van der Waals surface area contributed by atoms with E-state index in [4.69, 9.17) is 9.47 Å². The summed E-state index contributed by atoms with van der Waals surface area (Å²) in [6, 6.07) is 0. The quantitative estimate of drug-likeness (QED) is 0.457. The minimum Gasteiger partial charge on any atom is -0.458 e. The molecule has 0 radical (unpaired) electrons. The monoisotopic (exact) mass is 348 g/mol. The molecule has 25 heavy (non-hydrogen) atoms. The molecular formula is C19H24O6. The highest BCUT2D eigenvalue weighted by Crippen LogP contribution is 2.36. The second-order valence-corrected chi connectivity index (χ2v) is 6.62. The lowest BCUT2D eigenvalue weighted by molar-refractivity contribution is -0.147. The van der Waals surface area contributed by atoms with Crippen molar-refractivity contribution >= 4 is 11.9 Å². The van der Waals surface area contributed by atoms with Gasteiger partial charge in [-0.25, -0.2) is 9.59 Å². The van der Waals surface area contributed by atoms with Gasteiger partial charge in [-0.05, 0) is 31.9 Å². The second kappa shape index (κ2) is 7.80. The smallest absolute Gasteiger partial charge is 0.334 e. The third kappa shape index (κ3) is 4.46. The van der Waals surface area contributed by atoms with E-state index in [0.29, 0.717) is 12.0 Å². The lowest BCUT2D eigenvalue weighted by atomic mass is 9.85. The molecule has 2 N–H and O–H groups in total. The fourth-order valence-electron chi connectivity index (χ4n) is 3.11. The molecule has 0 amide bonds. The molecule has 1 aliphatic carbocycles. The maximum Gasteiger partial charge on any atom is 0.334 e. The number of fused-ring (bicyclic) bond motifs is 1. The normalized spacial score (nSPS) is 32.0. The van der Waals surface area contributed by atoms with Crippen molar-refractivity contribution in [2.45, 2.75) is 45.0 Å². The Morgan fingerprint density at radius 3 is 2.68 bits per heavy atom. The van der Waals surface area contributed by atoms with Gasteiger partial charge < -0.3 is 19.7 Å². The molecule has 136 valence electrons. The number of hydrogen-bond acceptors (Lipinski definition) is 6. The van der Waals surface area contributed by atoms with Crippen LogP contribution in [-0.2, 0) is 19.1 Å². The molecule has 2 aliphatic rings. The number of carbonyl (C=O) groups is 2. The summed E-state index contributed by atoms with van der Waals surface area (Å²) in [5.41, 5.74) is 1.80. The van der Waals surface area contributed by atoms with Crippen molar-refractivity contribution in [2.24, 2.45) is 5.92 Å². The number of aliphatic hydroxyl groups excluding tert-OH is 2. The SMILES string of the molecule is C=C(C)C(=O)OC1C/C(CO)=C\C(O)CC(C)=CC2OC(=O)C(=C)C21. The second-order valence-electron chi connectivity index (χ2n) is 6.62. The first kappa shape index (κ1) is 19.1. The average molecular weight is 348 g/mol. The average Bonchev–Trinajstić information content (AvgIpc) is 2.79. The molecule has 0 aromatic rings. The third-order valence-corrected chi connectivity index (χ3v) is 4.34. The highest BCUT2D eigenvalue weighted by atomic mass is 16.6. The van der Waals surface area contributed by atoms with E-state index in [2.05, 4.69) is 13.2 Å². The van der Waals surface area contributed by atoms with Crippen LogP contribution in [0.3, 0.4) is 0 Å². The van der Waals surface area contributed by atoms with Crippen LogP contribution in [0.25, 0.3) is 0 Å². The Morgan fingerprint density at radius 1 is 1.40 bits per heavy atom. The molecule has 6 nitrogen and oxygen atoms in total. The van der Waals surface area contributed by atoms with Crippen molar-refractivity contribution in [3.05, 3.63) is 47.6 Å². The predicted molar refractivity (Wildman–Crippen MR) is 91.4 cm³/mol. The maximum atomic E-state index is 12.0. The van der Waals surface area contributed by atoms with Crippen LogP contribution in [0.2, 0.25) is 0 Å². The number of aliphatic hydroxyl groups is 2. The molecule has 0 aromatic carbocycles. The zero-order chi connectivity index (χ0) is 18.7. The fraction of sp³-hybridized carbons (Fsp3) is 0.474. The van der Waals surface area contributed by atoms with Gasteiger partial charge in [0.2, 0.25) is 0 Å². The zero-order valence-corrected chi connectivity index (χ0v) is 14.5. The molecule has 2 rings (SSSR count). The van der Waals surface area contributed by atoms with Crippen molar-refractivity contribution in [2.75, 3.05) is 6.61 Å². The minimum atomic E-state index is -0.784. The largest absolute Gasteiger partial charge is 0.458 e. The molecule has 4 atom stereocenters. The summed E-state index contributed by atoms with van der Waals surface area (Å²) in [6.45, 7) is 10.4. The van der Waals surface area contributed by atoms with Crippen LogP contribution in [0.5, 0.6) is 0 Å². The Balaban J connectivity index is 2.45. The Hall–Kier alpha value is -2.18. The van der Waals surface area contributed by atoms with E-state index in [1.54, 1.807) is 12.2 Å². The number of hydrogen-bond donors (Lipinski definition) is 2. The summed E-state index contributed by atoms with van der Waals surface area (Å²) in [7, 11) is 0. The van der Waals surface area contributed by atoms with Crippen LogP contribution < -0.4 is 0 Å². The van der Waals surface area contributed by atoms with Crippen LogP contribution in [0.1, 0.15) is 26.7 Å².